The Labute approximate surface area is 199 Å². The first-order chi connectivity index (χ1) is 16.9. The molecule has 0 radical (unpaired) electrons. The predicted molar refractivity (Wildman–Crippen MR) is 126 cm³/mol. The molecule has 0 unspecified atom stereocenters. The van der Waals surface area contributed by atoms with Crippen LogP contribution in [0.4, 0.5) is 23.7 Å². The molecule has 1 aromatic carbocycles. The summed E-state index contributed by atoms with van der Waals surface area (Å²) in [7, 11) is 0. The summed E-state index contributed by atoms with van der Waals surface area (Å²) < 4.78 is 40.9. The molecule has 3 aromatic heterocycles. The fourth-order valence-corrected chi connectivity index (χ4v) is 4.24. The second-order valence-corrected chi connectivity index (χ2v) is 8.48. The lowest BCUT2D eigenvalue weighted by atomic mass is 10.1. The number of carbonyl (C=O) groups excluding carboxylic acids is 1. The van der Waals surface area contributed by atoms with Crippen LogP contribution in [0.2, 0.25) is 0 Å². The third kappa shape index (κ3) is 5.29. The molecule has 1 aliphatic rings. The van der Waals surface area contributed by atoms with Crippen molar-refractivity contribution in [1.82, 2.24) is 29.8 Å². The summed E-state index contributed by atoms with van der Waals surface area (Å²) in [6.07, 6.45) is 5.23. The van der Waals surface area contributed by atoms with Gasteiger partial charge >= 0.3 is 12.2 Å². The Morgan fingerprint density at radius 3 is 2.71 bits per heavy atom. The molecule has 3 N–H and O–H groups in total. The van der Waals surface area contributed by atoms with E-state index in [0.29, 0.717) is 11.7 Å². The predicted octanol–water partition coefficient (Wildman–Crippen LogP) is 4.47. The average molecular weight is 483 g/mol. The number of hydrogen-bond acceptors (Lipinski definition) is 4. The van der Waals surface area contributed by atoms with Crippen LogP contribution >= 0.6 is 0 Å². The molecule has 4 aromatic rings. The summed E-state index contributed by atoms with van der Waals surface area (Å²) in [6, 6.07) is 10.3. The fourth-order valence-electron chi connectivity index (χ4n) is 4.24. The van der Waals surface area contributed by atoms with E-state index in [9.17, 15) is 18.0 Å². The fraction of sp³-hybridized carbons (Fsp3) is 0.292. The van der Waals surface area contributed by atoms with Gasteiger partial charge in [-0.2, -0.15) is 18.3 Å². The van der Waals surface area contributed by atoms with E-state index in [4.69, 9.17) is 0 Å². The second kappa shape index (κ2) is 9.41. The van der Waals surface area contributed by atoms with Gasteiger partial charge in [0.1, 0.15) is 12.2 Å². The number of alkyl halides is 3. The zero-order chi connectivity index (χ0) is 24.4. The lowest BCUT2D eigenvalue weighted by molar-refractivity contribution is -0.122. The van der Waals surface area contributed by atoms with Crippen LogP contribution in [0.1, 0.15) is 18.9 Å². The molecule has 0 saturated carbocycles. The number of fused-ring (bicyclic) bond motifs is 1. The molecule has 0 bridgehead atoms. The summed E-state index contributed by atoms with van der Waals surface area (Å²) in [5.41, 5.74) is 4.69. The Morgan fingerprint density at radius 2 is 1.91 bits per heavy atom. The van der Waals surface area contributed by atoms with Crippen LogP contribution in [0.3, 0.4) is 0 Å². The molecule has 1 saturated heterocycles. The number of piperidine rings is 1. The van der Waals surface area contributed by atoms with Gasteiger partial charge in [0.15, 0.2) is 0 Å². The van der Waals surface area contributed by atoms with Crippen molar-refractivity contribution in [2.24, 2.45) is 0 Å². The molecule has 0 atom stereocenters. The highest BCUT2D eigenvalue weighted by atomic mass is 19.4. The Morgan fingerprint density at radius 1 is 1.09 bits per heavy atom. The number of nitrogens with zero attached hydrogens (tertiary/aromatic N) is 4. The van der Waals surface area contributed by atoms with E-state index >= 15 is 0 Å². The van der Waals surface area contributed by atoms with Crippen LogP contribution in [-0.4, -0.2) is 51.0 Å². The maximum Gasteiger partial charge on any atom is 0.405 e. The summed E-state index contributed by atoms with van der Waals surface area (Å²) in [5, 5.41) is 12.2. The van der Waals surface area contributed by atoms with Crippen LogP contribution in [-0.2, 0) is 0 Å². The summed E-state index contributed by atoms with van der Waals surface area (Å²) in [5.74, 6) is 0. The van der Waals surface area contributed by atoms with E-state index in [-0.39, 0.29) is 0 Å². The molecule has 182 valence electrons. The minimum absolute atomic E-state index is 0.374. The van der Waals surface area contributed by atoms with Crippen LogP contribution < -0.4 is 16.0 Å². The molecule has 0 aliphatic carbocycles. The van der Waals surface area contributed by atoms with E-state index in [2.05, 4.69) is 26.9 Å². The number of carbonyl (C=O) groups is 1. The lowest BCUT2D eigenvalue weighted by Gasteiger charge is -2.22. The van der Waals surface area contributed by atoms with Gasteiger partial charge < -0.3 is 16.0 Å². The van der Waals surface area contributed by atoms with Gasteiger partial charge in [-0.3, -0.25) is 9.08 Å². The molecule has 1 aliphatic heterocycles. The third-order valence-electron chi connectivity index (χ3n) is 6.00. The number of halogens is 3. The standard InChI is InChI=1S/C24H24F3N7O/c25-24(26,27)15-30-23(35)32-19-3-1-2-17(10-19)21-13-29-22-11-16(6-9-33(21)22)18-12-31-34(14-18)20-4-7-28-8-5-20/h1-3,6,9-14,20,28H,4-5,7-8,15H2,(H2,30,32,35). The number of hydrogen-bond donors (Lipinski definition) is 3. The monoisotopic (exact) mass is 483 g/mol. The number of rotatable bonds is 5. The molecule has 0 spiro atoms. The highest BCUT2D eigenvalue weighted by molar-refractivity contribution is 5.90. The quantitative estimate of drug-likeness (QED) is 0.391. The van der Waals surface area contributed by atoms with Crippen molar-refractivity contribution in [3.63, 3.8) is 0 Å². The molecule has 2 amide bonds. The molecule has 35 heavy (non-hydrogen) atoms. The third-order valence-corrected chi connectivity index (χ3v) is 6.00. The van der Waals surface area contributed by atoms with Crippen molar-refractivity contribution < 1.29 is 18.0 Å². The van der Waals surface area contributed by atoms with Crippen molar-refractivity contribution in [2.75, 3.05) is 25.0 Å². The summed E-state index contributed by atoms with van der Waals surface area (Å²) in [6.45, 7) is 0.597. The van der Waals surface area contributed by atoms with Crippen molar-refractivity contribution in [3.05, 3.63) is 61.2 Å². The van der Waals surface area contributed by atoms with Gasteiger partial charge in [0.25, 0.3) is 0 Å². The van der Waals surface area contributed by atoms with Crippen molar-refractivity contribution >= 4 is 17.4 Å². The van der Waals surface area contributed by atoms with Crippen molar-refractivity contribution in [1.29, 1.82) is 0 Å². The van der Waals surface area contributed by atoms with Gasteiger partial charge in [0, 0.05) is 29.2 Å². The van der Waals surface area contributed by atoms with E-state index in [1.54, 1.807) is 29.7 Å². The zero-order valence-corrected chi connectivity index (χ0v) is 18.7. The average Bonchev–Trinajstić information content (AvgIpc) is 3.50. The van der Waals surface area contributed by atoms with Crippen LogP contribution in [0.25, 0.3) is 28.0 Å². The van der Waals surface area contributed by atoms with Crippen LogP contribution in [0, 0.1) is 0 Å². The molecule has 5 rings (SSSR count). The molecular weight excluding hydrogens is 459 g/mol. The summed E-state index contributed by atoms with van der Waals surface area (Å²) in [4.78, 5) is 16.3. The van der Waals surface area contributed by atoms with Crippen LogP contribution in [0.15, 0.2) is 61.2 Å². The number of imidazole rings is 1. The van der Waals surface area contributed by atoms with Gasteiger partial charge in [-0.1, -0.05) is 12.1 Å². The first-order valence-corrected chi connectivity index (χ1v) is 11.3. The first kappa shape index (κ1) is 22.9. The van der Waals surface area contributed by atoms with Gasteiger partial charge in [0.05, 0.1) is 24.1 Å². The topological polar surface area (TPSA) is 88.3 Å². The molecule has 8 nitrogen and oxygen atoms in total. The molecule has 1 fully saturated rings. The lowest BCUT2D eigenvalue weighted by Crippen LogP contribution is -2.36. The normalized spacial score (nSPS) is 14.8. The first-order valence-electron chi connectivity index (χ1n) is 11.3. The second-order valence-electron chi connectivity index (χ2n) is 8.48. The Bertz CT molecular complexity index is 1340. The Hall–Kier alpha value is -3.86. The van der Waals surface area contributed by atoms with E-state index in [1.165, 1.54) is 0 Å². The minimum atomic E-state index is -4.47. The maximum atomic E-state index is 12.3. The smallest absolute Gasteiger partial charge is 0.329 e. The Balaban J connectivity index is 1.34. The van der Waals surface area contributed by atoms with E-state index < -0.39 is 18.8 Å². The van der Waals surface area contributed by atoms with E-state index in [0.717, 1.165) is 54.0 Å². The molecule has 4 heterocycles. The zero-order valence-electron chi connectivity index (χ0n) is 18.7. The number of aromatic nitrogens is 4. The highest BCUT2D eigenvalue weighted by Gasteiger charge is 2.27. The number of benzene rings is 1. The minimum Gasteiger partial charge on any atom is -0.329 e. The Kier molecular flexibility index (Phi) is 6.16. The number of pyridine rings is 1. The molecule has 11 heteroatoms. The van der Waals surface area contributed by atoms with Crippen molar-refractivity contribution in [2.45, 2.75) is 25.1 Å². The highest BCUT2D eigenvalue weighted by Crippen LogP contribution is 2.28. The number of anilines is 1. The SMILES string of the molecule is O=C(NCC(F)(F)F)Nc1cccc(-c2cnc3cc(-c4cnn(C5CCNCC5)c4)ccn23)c1. The van der Waals surface area contributed by atoms with E-state index in [1.807, 2.05) is 39.7 Å². The van der Waals surface area contributed by atoms with Gasteiger partial charge in [-0.05, 0) is 55.8 Å². The summed E-state index contributed by atoms with van der Waals surface area (Å²) >= 11 is 0. The molecular formula is C24H24F3N7O. The number of amides is 2. The van der Waals surface area contributed by atoms with Gasteiger partial charge in [-0.15, -0.1) is 0 Å². The number of urea groups is 1. The maximum absolute atomic E-state index is 12.3. The van der Waals surface area contributed by atoms with Gasteiger partial charge in [0.2, 0.25) is 0 Å². The van der Waals surface area contributed by atoms with Crippen LogP contribution in [0.5, 0.6) is 0 Å². The largest absolute Gasteiger partial charge is 0.405 e. The van der Waals surface area contributed by atoms with Crippen molar-refractivity contribution in [3.8, 4) is 22.4 Å². The van der Waals surface area contributed by atoms with Gasteiger partial charge in [-0.25, -0.2) is 9.78 Å². The number of nitrogens with one attached hydrogen (secondary N) is 3.